The molecule has 0 radical (unpaired) electrons. The second-order valence-electron chi connectivity index (χ2n) is 9.17. The standard InChI is InChI=1S/C21H35NO6Si/c1-20(2,3)27-19(23)22-13-12-21(26-6,28-29(7,8)9)18(22)15-10-11-16(24-4)17(14-15)25-5/h10-11,14,18H,12-13H2,1-9H3. The number of benzene rings is 1. The highest BCUT2D eigenvalue weighted by atomic mass is 28.4. The number of hydrogen-bond donors (Lipinski definition) is 0. The summed E-state index contributed by atoms with van der Waals surface area (Å²) in [6, 6.07) is 5.13. The van der Waals surface area contributed by atoms with Crippen LogP contribution in [0.1, 0.15) is 38.8 Å². The number of likely N-dealkylation sites (tertiary alicyclic amines) is 1. The minimum Gasteiger partial charge on any atom is -0.493 e. The molecule has 1 heterocycles. The highest BCUT2D eigenvalue weighted by Gasteiger charge is 2.54. The van der Waals surface area contributed by atoms with Crippen molar-refractivity contribution in [2.24, 2.45) is 0 Å². The zero-order valence-corrected chi connectivity index (χ0v) is 20.1. The van der Waals surface area contributed by atoms with Gasteiger partial charge in [-0.15, -0.1) is 0 Å². The van der Waals surface area contributed by atoms with Crippen molar-refractivity contribution in [3.8, 4) is 11.5 Å². The SMILES string of the molecule is COc1ccc(C2N(C(=O)OC(C)(C)C)CCC2(OC)O[Si](C)(C)C)cc1OC. The molecular formula is C21H35NO6Si. The molecule has 7 nitrogen and oxygen atoms in total. The van der Waals surface area contributed by atoms with Crippen LogP contribution in [0.2, 0.25) is 19.6 Å². The number of amides is 1. The summed E-state index contributed by atoms with van der Waals surface area (Å²) in [7, 11) is 2.81. The largest absolute Gasteiger partial charge is 0.493 e. The Morgan fingerprint density at radius 3 is 2.21 bits per heavy atom. The number of carbonyl (C=O) groups is 1. The van der Waals surface area contributed by atoms with Gasteiger partial charge in [0.15, 0.2) is 25.6 Å². The Morgan fingerprint density at radius 2 is 1.72 bits per heavy atom. The Hall–Kier alpha value is -1.77. The molecule has 0 aromatic heterocycles. The molecule has 1 aromatic carbocycles. The van der Waals surface area contributed by atoms with Crippen molar-refractivity contribution in [1.29, 1.82) is 0 Å². The molecule has 2 unspecified atom stereocenters. The molecule has 1 amide bonds. The first kappa shape index (κ1) is 23.5. The minimum absolute atomic E-state index is 0.393. The number of ether oxygens (including phenoxy) is 4. The highest BCUT2D eigenvalue weighted by Crippen LogP contribution is 2.47. The van der Waals surface area contributed by atoms with Gasteiger partial charge in [-0.05, 0) is 58.1 Å². The van der Waals surface area contributed by atoms with Crippen LogP contribution < -0.4 is 9.47 Å². The van der Waals surface area contributed by atoms with Crippen molar-refractivity contribution in [1.82, 2.24) is 4.90 Å². The Morgan fingerprint density at radius 1 is 1.10 bits per heavy atom. The van der Waals surface area contributed by atoms with E-state index in [1.165, 1.54) is 0 Å². The Kier molecular flexibility index (Phi) is 6.92. The lowest BCUT2D eigenvalue weighted by Gasteiger charge is -2.41. The quantitative estimate of drug-likeness (QED) is 0.491. The van der Waals surface area contributed by atoms with Gasteiger partial charge in [-0.1, -0.05) is 6.07 Å². The zero-order chi connectivity index (χ0) is 22.0. The molecule has 164 valence electrons. The minimum atomic E-state index is -2.00. The third-order valence-corrected chi connectivity index (χ3v) is 5.56. The topological polar surface area (TPSA) is 66.5 Å². The monoisotopic (exact) mass is 425 g/mol. The smallest absolute Gasteiger partial charge is 0.410 e. The molecule has 2 rings (SSSR count). The maximum atomic E-state index is 13.0. The molecule has 1 aliphatic heterocycles. The van der Waals surface area contributed by atoms with Crippen LogP contribution in [-0.2, 0) is 13.9 Å². The first-order valence-electron chi connectivity index (χ1n) is 9.82. The molecule has 0 N–H and O–H groups in total. The predicted octanol–water partition coefficient (Wildman–Crippen LogP) is 4.58. The van der Waals surface area contributed by atoms with E-state index in [4.69, 9.17) is 23.4 Å². The normalized spacial score (nSPS) is 22.5. The number of methoxy groups -OCH3 is 3. The fourth-order valence-corrected chi connectivity index (χ4v) is 4.97. The van der Waals surface area contributed by atoms with Gasteiger partial charge in [-0.2, -0.15) is 0 Å². The lowest BCUT2D eigenvalue weighted by atomic mass is 9.98. The average Bonchev–Trinajstić information content (AvgIpc) is 2.97. The van der Waals surface area contributed by atoms with Gasteiger partial charge in [0.2, 0.25) is 0 Å². The van der Waals surface area contributed by atoms with E-state index in [0.717, 1.165) is 5.56 Å². The molecule has 0 bridgehead atoms. The van der Waals surface area contributed by atoms with Gasteiger partial charge < -0.3 is 23.4 Å². The number of carbonyl (C=O) groups excluding carboxylic acids is 1. The second kappa shape index (κ2) is 8.53. The van der Waals surface area contributed by atoms with E-state index >= 15 is 0 Å². The van der Waals surface area contributed by atoms with Crippen LogP contribution in [0.5, 0.6) is 11.5 Å². The van der Waals surface area contributed by atoms with Crippen molar-refractivity contribution in [2.45, 2.75) is 64.3 Å². The molecule has 0 saturated carbocycles. The lowest BCUT2D eigenvalue weighted by molar-refractivity contribution is -0.186. The van der Waals surface area contributed by atoms with Crippen LogP contribution in [0, 0.1) is 0 Å². The van der Waals surface area contributed by atoms with Gasteiger partial charge in [0, 0.05) is 20.1 Å². The van der Waals surface area contributed by atoms with Crippen LogP contribution in [0.25, 0.3) is 0 Å². The summed E-state index contributed by atoms with van der Waals surface area (Å²) in [5.41, 5.74) is 0.239. The fraction of sp³-hybridized carbons (Fsp3) is 0.667. The van der Waals surface area contributed by atoms with Crippen LogP contribution in [-0.4, -0.2) is 58.6 Å². The maximum Gasteiger partial charge on any atom is 0.410 e. The average molecular weight is 426 g/mol. The summed E-state index contributed by atoms with van der Waals surface area (Å²) < 4.78 is 29.0. The summed E-state index contributed by atoms with van der Waals surface area (Å²) in [6.07, 6.45) is 0.154. The van der Waals surface area contributed by atoms with Crippen LogP contribution in [0.3, 0.4) is 0 Å². The Labute approximate surface area is 175 Å². The van der Waals surface area contributed by atoms with E-state index < -0.39 is 31.8 Å². The molecular weight excluding hydrogens is 390 g/mol. The molecule has 0 spiro atoms. The molecule has 8 heteroatoms. The molecule has 1 aromatic rings. The number of nitrogens with zero attached hydrogens (tertiary/aromatic N) is 1. The van der Waals surface area contributed by atoms with Crippen molar-refractivity contribution in [2.75, 3.05) is 27.9 Å². The van der Waals surface area contributed by atoms with Gasteiger partial charge >= 0.3 is 6.09 Å². The van der Waals surface area contributed by atoms with E-state index in [1.807, 2.05) is 39.0 Å². The van der Waals surface area contributed by atoms with Gasteiger partial charge in [0.05, 0.1) is 14.2 Å². The van der Waals surface area contributed by atoms with Crippen molar-refractivity contribution in [3.05, 3.63) is 23.8 Å². The van der Waals surface area contributed by atoms with E-state index in [-0.39, 0.29) is 0 Å². The molecule has 2 atom stereocenters. The summed E-state index contributed by atoms with van der Waals surface area (Å²) in [4.78, 5) is 14.7. The third kappa shape index (κ3) is 5.43. The van der Waals surface area contributed by atoms with Crippen molar-refractivity contribution >= 4 is 14.4 Å². The lowest BCUT2D eigenvalue weighted by Crippen LogP contribution is -2.49. The van der Waals surface area contributed by atoms with Gasteiger partial charge in [-0.25, -0.2) is 4.79 Å². The summed E-state index contributed by atoms with van der Waals surface area (Å²) in [6.45, 7) is 12.4. The summed E-state index contributed by atoms with van der Waals surface area (Å²) >= 11 is 0. The fourth-order valence-electron chi connectivity index (χ4n) is 3.63. The van der Waals surface area contributed by atoms with Gasteiger partial charge in [0.25, 0.3) is 0 Å². The number of hydrogen-bond acceptors (Lipinski definition) is 6. The molecule has 1 saturated heterocycles. The Balaban J connectivity index is 2.56. The van der Waals surface area contributed by atoms with Crippen molar-refractivity contribution < 1.29 is 28.2 Å². The highest BCUT2D eigenvalue weighted by molar-refractivity contribution is 6.69. The molecule has 0 aliphatic carbocycles. The Bertz CT molecular complexity index is 727. The van der Waals surface area contributed by atoms with Crippen LogP contribution in [0.4, 0.5) is 4.79 Å². The zero-order valence-electron chi connectivity index (χ0n) is 19.1. The first-order valence-corrected chi connectivity index (χ1v) is 13.2. The van der Waals surface area contributed by atoms with Gasteiger partial charge in [-0.3, -0.25) is 4.90 Å². The van der Waals surface area contributed by atoms with E-state index in [0.29, 0.717) is 24.5 Å². The maximum absolute atomic E-state index is 13.0. The first-order chi connectivity index (χ1) is 13.4. The number of rotatable bonds is 6. The van der Waals surface area contributed by atoms with Crippen LogP contribution >= 0.6 is 0 Å². The van der Waals surface area contributed by atoms with E-state index in [9.17, 15) is 4.79 Å². The second-order valence-corrected chi connectivity index (χ2v) is 13.6. The van der Waals surface area contributed by atoms with Crippen LogP contribution in [0.15, 0.2) is 18.2 Å². The van der Waals surface area contributed by atoms with E-state index in [2.05, 4.69) is 19.6 Å². The van der Waals surface area contributed by atoms with E-state index in [1.54, 1.807) is 26.2 Å². The van der Waals surface area contributed by atoms with Crippen molar-refractivity contribution in [3.63, 3.8) is 0 Å². The third-order valence-electron chi connectivity index (χ3n) is 4.61. The summed E-state index contributed by atoms with van der Waals surface area (Å²) in [5.74, 6) is 0.243. The molecule has 1 fully saturated rings. The molecule has 29 heavy (non-hydrogen) atoms. The summed E-state index contributed by atoms with van der Waals surface area (Å²) in [5, 5.41) is 0. The van der Waals surface area contributed by atoms with Gasteiger partial charge in [0.1, 0.15) is 11.6 Å². The predicted molar refractivity (Wildman–Crippen MR) is 114 cm³/mol. The molecule has 1 aliphatic rings.